The van der Waals surface area contributed by atoms with E-state index in [1.165, 1.54) is 19.9 Å². The molecule has 0 aliphatic carbocycles. The first-order chi connectivity index (χ1) is 14.6. The van der Waals surface area contributed by atoms with Crippen LogP contribution < -0.4 is 10.1 Å². The number of hydrogen-bond acceptors (Lipinski definition) is 4. The van der Waals surface area contributed by atoms with E-state index in [2.05, 4.69) is 10.3 Å². The van der Waals surface area contributed by atoms with E-state index in [0.29, 0.717) is 11.5 Å². The fraction of sp³-hybridized carbons (Fsp3) is 0.304. The Hall–Kier alpha value is -3.26. The van der Waals surface area contributed by atoms with Gasteiger partial charge in [-0.05, 0) is 44.5 Å². The van der Waals surface area contributed by atoms with Gasteiger partial charge in [-0.3, -0.25) is 4.79 Å². The third kappa shape index (κ3) is 5.27. The Morgan fingerprint density at radius 2 is 2.00 bits per heavy atom. The monoisotopic (exact) mass is 429 g/mol. The molecule has 0 radical (unpaired) electrons. The molecular weight excluding hydrogens is 404 g/mol. The Bertz CT molecular complexity index is 1100. The molecule has 8 heteroatoms. The molecule has 0 unspecified atom stereocenters. The molecular formula is C23H25F2N3O3. The van der Waals surface area contributed by atoms with Crippen molar-refractivity contribution in [2.75, 3.05) is 11.9 Å². The van der Waals surface area contributed by atoms with Gasteiger partial charge in [0.2, 0.25) is 0 Å². The van der Waals surface area contributed by atoms with E-state index in [-0.39, 0.29) is 35.8 Å². The number of aromatic nitrogens is 2. The summed E-state index contributed by atoms with van der Waals surface area (Å²) in [7, 11) is 1.67. The molecule has 2 N–H and O–H groups in total. The summed E-state index contributed by atoms with van der Waals surface area (Å²) >= 11 is 0. The SMILES string of the molecule is Cc1ccccc1NC(=O)c1cc(F)c(-c2cn(C)c(CO)n2)cc1OCC(C)(C)F. The molecule has 31 heavy (non-hydrogen) atoms. The highest BCUT2D eigenvalue weighted by Crippen LogP contribution is 2.32. The molecule has 0 aliphatic heterocycles. The van der Waals surface area contributed by atoms with Gasteiger partial charge in [-0.25, -0.2) is 13.8 Å². The molecule has 1 aromatic heterocycles. The zero-order chi connectivity index (χ0) is 22.8. The number of halogens is 2. The van der Waals surface area contributed by atoms with Gasteiger partial charge in [0, 0.05) is 24.5 Å². The van der Waals surface area contributed by atoms with Crippen molar-refractivity contribution in [2.24, 2.45) is 7.05 Å². The van der Waals surface area contributed by atoms with E-state index in [4.69, 9.17) is 4.74 Å². The number of ether oxygens (including phenoxy) is 1. The van der Waals surface area contributed by atoms with Crippen LogP contribution in [-0.4, -0.2) is 32.8 Å². The molecule has 6 nitrogen and oxygen atoms in total. The number of nitrogens with zero attached hydrogens (tertiary/aromatic N) is 2. The van der Waals surface area contributed by atoms with E-state index in [1.54, 1.807) is 29.9 Å². The van der Waals surface area contributed by atoms with E-state index in [0.717, 1.165) is 11.6 Å². The summed E-state index contributed by atoms with van der Waals surface area (Å²) in [6.45, 7) is 3.89. The molecule has 1 heterocycles. The van der Waals surface area contributed by atoms with Crippen LogP contribution in [0.5, 0.6) is 5.75 Å². The molecule has 3 rings (SSSR count). The van der Waals surface area contributed by atoms with Gasteiger partial charge in [-0.1, -0.05) is 18.2 Å². The van der Waals surface area contributed by atoms with Gasteiger partial charge >= 0.3 is 0 Å². The summed E-state index contributed by atoms with van der Waals surface area (Å²) in [6, 6.07) is 9.56. The van der Waals surface area contributed by atoms with Crippen LogP contribution in [0.15, 0.2) is 42.6 Å². The number of nitrogens with one attached hydrogen (secondary N) is 1. The van der Waals surface area contributed by atoms with Gasteiger partial charge < -0.3 is 19.7 Å². The number of para-hydroxylation sites is 1. The van der Waals surface area contributed by atoms with Gasteiger partial charge in [0.15, 0.2) is 0 Å². The standard InChI is InChI=1S/C23H25F2N3O3/c1-14-7-5-6-8-18(14)27-22(30)16-9-17(24)15(10-20(16)31-13-23(2,3)25)19-11-28(4)21(12-29)26-19/h5-11,29H,12-13H2,1-4H3,(H,27,30). The largest absolute Gasteiger partial charge is 0.489 e. The third-order valence-electron chi connectivity index (χ3n) is 4.67. The highest BCUT2D eigenvalue weighted by Gasteiger charge is 2.23. The van der Waals surface area contributed by atoms with Crippen LogP contribution in [0.2, 0.25) is 0 Å². The number of alkyl halides is 1. The molecule has 164 valence electrons. The van der Waals surface area contributed by atoms with Crippen molar-refractivity contribution in [2.45, 2.75) is 33.0 Å². The molecule has 0 atom stereocenters. The van der Waals surface area contributed by atoms with Gasteiger partial charge in [0.1, 0.15) is 36.3 Å². The summed E-state index contributed by atoms with van der Waals surface area (Å²) < 4.78 is 36.2. The number of amides is 1. The van der Waals surface area contributed by atoms with Gasteiger partial charge in [-0.2, -0.15) is 0 Å². The van der Waals surface area contributed by atoms with Crippen molar-refractivity contribution >= 4 is 11.6 Å². The zero-order valence-electron chi connectivity index (χ0n) is 17.9. The summed E-state index contributed by atoms with van der Waals surface area (Å²) in [4.78, 5) is 17.1. The molecule has 1 amide bonds. The second-order valence-electron chi connectivity index (χ2n) is 7.92. The van der Waals surface area contributed by atoms with Crippen LogP contribution in [0, 0.1) is 12.7 Å². The molecule has 0 bridgehead atoms. The minimum absolute atomic E-state index is 0.0319. The van der Waals surface area contributed by atoms with E-state index in [9.17, 15) is 18.7 Å². The van der Waals surface area contributed by atoms with Crippen LogP contribution in [0.3, 0.4) is 0 Å². The number of carbonyl (C=O) groups excluding carboxylic acids is 1. The average molecular weight is 429 g/mol. The summed E-state index contributed by atoms with van der Waals surface area (Å²) in [5.41, 5.74) is 0.0324. The lowest BCUT2D eigenvalue weighted by molar-refractivity contribution is 0.0999. The molecule has 0 aliphatic rings. The first-order valence-electron chi connectivity index (χ1n) is 9.75. The lowest BCUT2D eigenvalue weighted by Crippen LogP contribution is -2.24. The number of rotatable bonds is 7. The van der Waals surface area contributed by atoms with Gasteiger partial charge in [0.25, 0.3) is 5.91 Å². The highest BCUT2D eigenvalue weighted by molar-refractivity contribution is 6.07. The topological polar surface area (TPSA) is 76.4 Å². The van der Waals surface area contributed by atoms with Crippen molar-refractivity contribution in [3.63, 3.8) is 0 Å². The average Bonchev–Trinajstić information content (AvgIpc) is 3.08. The minimum atomic E-state index is -1.66. The molecule has 0 fully saturated rings. The fourth-order valence-corrected chi connectivity index (χ4v) is 2.98. The Balaban J connectivity index is 2.03. The number of aryl methyl sites for hydroxylation is 2. The Morgan fingerprint density at radius 1 is 1.29 bits per heavy atom. The normalized spacial score (nSPS) is 11.5. The second kappa shape index (κ2) is 8.85. The molecule has 3 aromatic rings. The predicted molar refractivity (Wildman–Crippen MR) is 114 cm³/mol. The number of carbonyl (C=O) groups is 1. The molecule has 0 spiro atoms. The van der Waals surface area contributed by atoms with Crippen molar-refractivity contribution in [3.8, 4) is 17.0 Å². The smallest absolute Gasteiger partial charge is 0.259 e. The summed E-state index contributed by atoms with van der Waals surface area (Å²) in [5.74, 6) is -0.889. The third-order valence-corrected chi connectivity index (χ3v) is 4.67. The van der Waals surface area contributed by atoms with Gasteiger partial charge in [-0.15, -0.1) is 0 Å². The van der Waals surface area contributed by atoms with E-state index >= 15 is 0 Å². The molecule has 2 aromatic carbocycles. The number of aliphatic hydroxyl groups is 1. The van der Waals surface area contributed by atoms with Crippen LogP contribution in [0.4, 0.5) is 14.5 Å². The highest BCUT2D eigenvalue weighted by atomic mass is 19.1. The lowest BCUT2D eigenvalue weighted by atomic mass is 10.1. The fourth-order valence-electron chi connectivity index (χ4n) is 2.98. The maximum Gasteiger partial charge on any atom is 0.259 e. The summed E-state index contributed by atoms with van der Waals surface area (Å²) in [6.07, 6.45) is 1.56. The van der Waals surface area contributed by atoms with Gasteiger partial charge in [0.05, 0.1) is 11.3 Å². The summed E-state index contributed by atoms with van der Waals surface area (Å²) in [5, 5.41) is 12.1. The van der Waals surface area contributed by atoms with Crippen LogP contribution in [0.1, 0.15) is 35.6 Å². The number of aliphatic hydroxyl groups excluding tert-OH is 1. The first-order valence-corrected chi connectivity index (χ1v) is 9.75. The predicted octanol–water partition coefficient (Wildman–Crippen LogP) is 4.41. The molecule has 0 saturated carbocycles. The van der Waals surface area contributed by atoms with Crippen molar-refractivity contribution in [3.05, 3.63) is 65.4 Å². The van der Waals surface area contributed by atoms with Crippen LogP contribution in [0.25, 0.3) is 11.3 Å². The quantitative estimate of drug-likeness (QED) is 0.584. The number of imidazole rings is 1. The zero-order valence-corrected chi connectivity index (χ0v) is 17.9. The minimum Gasteiger partial charge on any atom is -0.489 e. The van der Waals surface area contributed by atoms with Crippen molar-refractivity contribution < 1.29 is 23.4 Å². The number of hydrogen-bond donors (Lipinski definition) is 2. The second-order valence-corrected chi connectivity index (χ2v) is 7.92. The van der Waals surface area contributed by atoms with Crippen molar-refractivity contribution in [1.29, 1.82) is 0 Å². The Labute approximate surface area is 179 Å². The Kier molecular flexibility index (Phi) is 6.40. The Morgan fingerprint density at radius 3 is 2.61 bits per heavy atom. The van der Waals surface area contributed by atoms with E-state index < -0.39 is 17.4 Å². The van der Waals surface area contributed by atoms with Crippen molar-refractivity contribution in [1.82, 2.24) is 9.55 Å². The lowest BCUT2D eigenvalue weighted by Gasteiger charge is -2.18. The molecule has 0 saturated heterocycles. The maximum absolute atomic E-state index is 15.0. The number of benzene rings is 2. The first kappa shape index (κ1) is 22.4. The maximum atomic E-state index is 15.0. The van der Waals surface area contributed by atoms with Crippen LogP contribution >= 0.6 is 0 Å². The van der Waals surface area contributed by atoms with E-state index in [1.807, 2.05) is 19.1 Å². The van der Waals surface area contributed by atoms with Crippen LogP contribution in [-0.2, 0) is 13.7 Å². The number of anilines is 1.